The molecule has 7 atom stereocenters. The van der Waals surface area contributed by atoms with Crippen LogP contribution in [0.15, 0.2) is 36.4 Å². The molecule has 0 aromatic heterocycles. The minimum Gasteiger partial charge on any atom is -0.504 e. The van der Waals surface area contributed by atoms with Gasteiger partial charge in [0, 0.05) is 19.1 Å². The summed E-state index contributed by atoms with van der Waals surface area (Å²) in [5, 5.41) is 60.3. The van der Waals surface area contributed by atoms with Gasteiger partial charge in [-0.1, -0.05) is 19.1 Å². The van der Waals surface area contributed by atoms with Crippen LogP contribution in [-0.4, -0.2) is 89.3 Å². The molecule has 37 heavy (non-hydrogen) atoms. The highest BCUT2D eigenvalue weighted by Crippen LogP contribution is 2.35. The SMILES string of the molecule is COc1cc(CC(CO)C(CO)Cc2ccc(OC3OC(CO)C(C)C(O)C3O)c(OC)c2)ccc1O. The Morgan fingerprint density at radius 3 is 1.92 bits per heavy atom. The van der Waals surface area contributed by atoms with Crippen LogP contribution in [0.25, 0.3) is 0 Å². The molecule has 1 heterocycles. The fourth-order valence-electron chi connectivity index (χ4n) is 4.65. The minimum atomic E-state index is -1.32. The van der Waals surface area contributed by atoms with Gasteiger partial charge in [0.1, 0.15) is 6.10 Å². The predicted molar refractivity (Wildman–Crippen MR) is 134 cm³/mol. The molecule has 206 valence electrons. The lowest BCUT2D eigenvalue weighted by Gasteiger charge is -2.40. The van der Waals surface area contributed by atoms with Gasteiger partial charge < -0.3 is 49.6 Å². The average molecular weight is 523 g/mol. The molecular weight excluding hydrogens is 484 g/mol. The molecule has 0 saturated carbocycles. The summed E-state index contributed by atoms with van der Waals surface area (Å²) < 4.78 is 22.1. The van der Waals surface area contributed by atoms with E-state index in [2.05, 4.69) is 0 Å². The summed E-state index contributed by atoms with van der Waals surface area (Å²) in [5.74, 6) is 0.0160. The van der Waals surface area contributed by atoms with Crippen molar-refractivity contribution in [1.82, 2.24) is 0 Å². The molecule has 0 amide bonds. The second kappa shape index (κ2) is 13.3. The number of hydrogen-bond donors (Lipinski definition) is 6. The highest BCUT2D eigenvalue weighted by atomic mass is 16.7. The lowest BCUT2D eigenvalue weighted by atomic mass is 9.83. The van der Waals surface area contributed by atoms with Gasteiger partial charge in [0.05, 0.1) is 33.0 Å². The Kier molecular flexibility index (Phi) is 10.4. The van der Waals surface area contributed by atoms with Gasteiger partial charge in [-0.3, -0.25) is 0 Å². The summed E-state index contributed by atoms with van der Waals surface area (Å²) in [4.78, 5) is 0. The summed E-state index contributed by atoms with van der Waals surface area (Å²) in [5.41, 5.74) is 1.69. The molecule has 1 aliphatic rings. The summed E-state index contributed by atoms with van der Waals surface area (Å²) >= 11 is 0. The van der Waals surface area contributed by atoms with Gasteiger partial charge in [-0.05, 0) is 60.1 Å². The maximum absolute atomic E-state index is 10.4. The smallest absolute Gasteiger partial charge is 0.229 e. The summed E-state index contributed by atoms with van der Waals surface area (Å²) in [7, 11) is 2.93. The van der Waals surface area contributed by atoms with Crippen molar-refractivity contribution in [3.05, 3.63) is 47.5 Å². The molecular formula is C27H38O10. The number of hydrogen-bond acceptors (Lipinski definition) is 10. The van der Waals surface area contributed by atoms with Crippen LogP contribution in [0.2, 0.25) is 0 Å². The number of phenols is 1. The summed E-state index contributed by atoms with van der Waals surface area (Å²) in [6, 6.07) is 10.2. The predicted octanol–water partition coefficient (Wildman–Crippen LogP) is 0.865. The van der Waals surface area contributed by atoms with Crippen molar-refractivity contribution in [2.24, 2.45) is 17.8 Å². The van der Waals surface area contributed by atoms with Gasteiger partial charge in [-0.15, -0.1) is 0 Å². The van der Waals surface area contributed by atoms with Gasteiger partial charge in [0.25, 0.3) is 0 Å². The fraction of sp³-hybridized carbons (Fsp3) is 0.556. The lowest BCUT2D eigenvalue weighted by Crippen LogP contribution is -2.56. The van der Waals surface area contributed by atoms with E-state index in [-0.39, 0.29) is 43.2 Å². The zero-order chi connectivity index (χ0) is 27.1. The normalized spacial score (nSPS) is 25.4. The van der Waals surface area contributed by atoms with E-state index in [1.165, 1.54) is 20.3 Å². The molecule has 0 radical (unpaired) electrons. The molecule has 1 aliphatic heterocycles. The van der Waals surface area contributed by atoms with Crippen LogP contribution in [0.3, 0.4) is 0 Å². The molecule has 0 aliphatic carbocycles. The van der Waals surface area contributed by atoms with E-state index < -0.39 is 30.5 Å². The van der Waals surface area contributed by atoms with Crippen LogP contribution in [0.4, 0.5) is 0 Å². The topological polar surface area (TPSA) is 158 Å². The Balaban J connectivity index is 1.73. The number of aliphatic hydroxyl groups is 5. The average Bonchev–Trinajstić information content (AvgIpc) is 2.92. The Hall–Kier alpha value is -2.60. The number of ether oxygens (including phenoxy) is 4. The molecule has 1 fully saturated rings. The third kappa shape index (κ3) is 6.84. The van der Waals surface area contributed by atoms with Crippen LogP contribution < -0.4 is 14.2 Å². The van der Waals surface area contributed by atoms with E-state index in [0.29, 0.717) is 24.3 Å². The fourth-order valence-corrected chi connectivity index (χ4v) is 4.65. The lowest BCUT2D eigenvalue weighted by molar-refractivity contribution is -0.261. The number of benzene rings is 2. The maximum atomic E-state index is 10.4. The van der Waals surface area contributed by atoms with Crippen molar-refractivity contribution in [2.45, 2.75) is 44.4 Å². The molecule has 0 spiro atoms. The van der Waals surface area contributed by atoms with E-state index >= 15 is 0 Å². The van der Waals surface area contributed by atoms with E-state index in [1.807, 2.05) is 0 Å². The molecule has 7 unspecified atom stereocenters. The zero-order valence-electron chi connectivity index (χ0n) is 21.4. The van der Waals surface area contributed by atoms with E-state index in [0.717, 1.165) is 11.1 Å². The summed E-state index contributed by atoms with van der Waals surface area (Å²) in [6.45, 7) is 1.06. The van der Waals surface area contributed by atoms with Crippen LogP contribution in [-0.2, 0) is 17.6 Å². The number of aromatic hydroxyl groups is 1. The molecule has 2 aromatic carbocycles. The monoisotopic (exact) mass is 522 g/mol. The standard InChI is InChI=1S/C27H38O10/c1-15-24(14-30)37-27(26(33)25(15)32)36-21-7-5-17(11-23(21)35-3)9-19(13-29)18(12-28)8-16-4-6-20(31)22(10-16)34-2/h4-7,10-11,15,18-19,24-33H,8-9,12-14H2,1-3H3. The van der Waals surface area contributed by atoms with Crippen molar-refractivity contribution in [3.8, 4) is 23.0 Å². The van der Waals surface area contributed by atoms with Gasteiger partial charge in [-0.25, -0.2) is 0 Å². The molecule has 1 saturated heterocycles. The number of phenolic OH excluding ortho intramolecular Hbond substituents is 1. The number of rotatable bonds is 12. The van der Waals surface area contributed by atoms with Crippen molar-refractivity contribution >= 4 is 0 Å². The number of aliphatic hydroxyl groups excluding tert-OH is 5. The Labute approximate surface area is 216 Å². The molecule has 0 bridgehead atoms. The van der Waals surface area contributed by atoms with Gasteiger partial charge in [-0.2, -0.15) is 0 Å². The second-order valence-corrected chi connectivity index (χ2v) is 9.47. The molecule has 2 aromatic rings. The first kappa shape index (κ1) is 29.0. The first-order chi connectivity index (χ1) is 17.8. The molecule has 10 nitrogen and oxygen atoms in total. The van der Waals surface area contributed by atoms with Crippen molar-refractivity contribution < 1.29 is 49.6 Å². The Bertz CT molecular complexity index is 997. The largest absolute Gasteiger partial charge is 0.504 e. The van der Waals surface area contributed by atoms with Crippen molar-refractivity contribution in [2.75, 3.05) is 34.0 Å². The quantitative estimate of drug-likeness (QED) is 0.236. The zero-order valence-corrected chi connectivity index (χ0v) is 21.4. The Morgan fingerprint density at radius 2 is 1.38 bits per heavy atom. The van der Waals surface area contributed by atoms with Crippen LogP contribution >= 0.6 is 0 Å². The maximum Gasteiger partial charge on any atom is 0.229 e. The van der Waals surface area contributed by atoms with Crippen LogP contribution in [0.1, 0.15) is 18.1 Å². The van der Waals surface area contributed by atoms with E-state index in [4.69, 9.17) is 18.9 Å². The third-order valence-electron chi connectivity index (χ3n) is 7.09. The molecule has 3 rings (SSSR count). The summed E-state index contributed by atoms with van der Waals surface area (Å²) in [6.07, 6.45) is -3.42. The van der Waals surface area contributed by atoms with Gasteiger partial charge >= 0.3 is 0 Å². The van der Waals surface area contributed by atoms with E-state index in [9.17, 15) is 30.6 Å². The van der Waals surface area contributed by atoms with Crippen LogP contribution in [0.5, 0.6) is 23.0 Å². The molecule has 6 N–H and O–H groups in total. The minimum absolute atomic E-state index is 0.0296. The van der Waals surface area contributed by atoms with Crippen molar-refractivity contribution in [3.63, 3.8) is 0 Å². The van der Waals surface area contributed by atoms with Gasteiger partial charge in [0.2, 0.25) is 6.29 Å². The van der Waals surface area contributed by atoms with E-state index in [1.54, 1.807) is 37.3 Å². The molecule has 10 heteroatoms. The van der Waals surface area contributed by atoms with Crippen LogP contribution in [0, 0.1) is 17.8 Å². The second-order valence-electron chi connectivity index (χ2n) is 9.47. The first-order valence-electron chi connectivity index (χ1n) is 12.3. The first-order valence-corrected chi connectivity index (χ1v) is 12.3. The highest BCUT2D eigenvalue weighted by Gasteiger charge is 2.43. The highest BCUT2D eigenvalue weighted by molar-refractivity contribution is 5.44. The van der Waals surface area contributed by atoms with Gasteiger partial charge in [0.15, 0.2) is 23.0 Å². The third-order valence-corrected chi connectivity index (χ3v) is 7.09. The Morgan fingerprint density at radius 1 is 0.811 bits per heavy atom. The van der Waals surface area contributed by atoms with Crippen molar-refractivity contribution in [1.29, 1.82) is 0 Å². The number of methoxy groups -OCH3 is 2.